The fourth-order valence-corrected chi connectivity index (χ4v) is 1.02. The van der Waals surface area contributed by atoms with E-state index in [1.807, 2.05) is 0 Å². The van der Waals surface area contributed by atoms with E-state index in [0.29, 0.717) is 12.8 Å². The fourth-order valence-electron chi connectivity index (χ4n) is 1.02. The molecule has 0 amide bonds. The molecule has 0 heterocycles. The summed E-state index contributed by atoms with van der Waals surface area (Å²) in [6.45, 7) is 0. The Morgan fingerprint density at radius 3 is 2.17 bits per heavy atom. The molecule has 2 aliphatic rings. The molecule has 2 saturated carbocycles. The highest BCUT2D eigenvalue weighted by Crippen LogP contribution is 2.45. The predicted molar refractivity (Wildman–Crippen MR) is 43.2 cm³/mol. The smallest absolute Gasteiger partial charge is 0.321 e. The summed E-state index contributed by atoms with van der Waals surface area (Å²) in [6.07, 6.45) is 3.20. The Kier molecular flexibility index (Phi) is 1.28. The Morgan fingerprint density at radius 1 is 1.25 bits per heavy atom. The van der Waals surface area contributed by atoms with Crippen LogP contribution in [-0.4, -0.2) is 16.6 Å². The lowest BCUT2D eigenvalue weighted by atomic mass is 10.1. The van der Waals surface area contributed by atoms with E-state index in [9.17, 15) is 4.79 Å². The lowest BCUT2D eigenvalue weighted by molar-refractivity contribution is -0.141. The number of carboxylic acid groups (broad SMARTS) is 1. The van der Waals surface area contributed by atoms with Crippen molar-refractivity contribution in [2.24, 2.45) is 11.1 Å². The molecule has 0 aliphatic heterocycles. The average molecular weight is 165 g/mol. The lowest BCUT2D eigenvalue weighted by Crippen LogP contribution is -2.20. The highest BCUT2D eigenvalue weighted by Gasteiger charge is 2.50. The van der Waals surface area contributed by atoms with Gasteiger partial charge in [0, 0.05) is 0 Å². The largest absolute Gasteiger partial charge is 0.480 e. The zero-order chi connectivity index (χ0) is 8.82. The van der Waals surface area contributed by atoms with Crippen molar-refractivity contribution < 1.29 is 9.90 Å². The maximum absolute atomic E-state index is 10.7. The molecule has 0 unspecified atom stereocenters. The van der Waals surface area contributed by atoms with Gasteiger partial charge in [0.05, 0.1) is 5.54 Å². The first-order valence-electron chi connectivity index (χ1n) is 4.13. The minimum atomic E-state index is -0.792. The molecule has 3 heteroatoms. The van der Waals surface area contributed by atoms with Crippen molar-refractivity contribution in [2.75, 3.05) is 0 Å². The van der Waals surface area contributed by atoms with Crippen LogP contribution in [0.2, 0.25) is 0 Å². The van der Waals surface area contributed by atoms with Crippen LogP contribution in [0.3, 0.4) is 0 Å². The molecule has 0 aromatic carbocycles. The third-order valence-corrected chi connectivity index (χ3v) is 2.50. The van der Waals surface area contributed by atoms with Crippen LogP contribution in [0.15, 0.2) is 0 Å². The number of hydrogen-bond donors (Lipinski definition) is 2. The Balaban J connectivity index is 2.09. The number of rotatable bonds is 1. The molecule has 3 nitrogen and oxygen atoms in total. The Labute approximate surface area is 70.9 Å². The van der Waals surface area contributed by atoms with Crippen molar-refractivity contribution in [3.63, 3.8) is 0 Å². The molecule has 2 rings (SSSR count). The third kappa shape index (κ3) is 1.19. The van der Waals surface area contributed by atoms with E-state index in [1.54, 1.807) is 0 Å². The minimum absolute atomic E-state index is 0.342. The van der Waals surface area contributed by atoms with Crippen LogP contribution in [0, 0.1) is 17.3 Å². The van der Waals surface area contributed by atoms with Crippen molar-refractivity contribution in [2.45, 2.75) is 31.2 Å². The second-order valence-corrected chi connectivity index (χ2v) is 3.79. The van der Waals surface area contributed by atoms with Crippen molar-refractivity contribution in [3.8, 4) is 11.8 Å². The van der Waals surface area contributed by atoms with Crippen molar-refractivity contribution in [1.29, 1.82) is 0 Å². The van der Waals surface area contributed by atoms with E-state index in [2.05, 4.69) is 11.8 Å². The van der Waals surface area contributed by atoms with E-state index >= 15 is 0 Å². The zero-order valence-electron chi connectivity index (χ0n) is 6.76. The molecule has 2 fully saturated rings. The second-order valence-electron chi connectivity index (χ2n) is 3.79. The second kappa shape index (κ2) is 2.02. The van der Waals surface area contributed by atoms with E-state index in [-0.39, 0.29) is 5.54 Å². The molecule has 0 bridgehead atoms. The number of carboxylic acids is 1. The van der Waals surface area contributed by atoms with Crippen molar-refractivity contribution in [1.82, 2.24) is 0 Å². The van der Waals surface area contributed by atoms with E-state index in [4.69, 9.17) is 10.8 Å². The highest BCUT2D eigenvalue weighted by molar-refractivity contribution is 5.82. The molecule has 0 spiro atoms. The first-order valence-corrected chi connectivity index (χ1v) is 4.13. The van der Waals surface area contributed by atoms with E-state index in [1.165, 1.54) is 0 Å². The normalized spacial score (nSPS) is 26.8. The molecule has 3 N–H and O–H groups in total. The molecule has 64 valence electrons. The van der Waals surface area contributed by atoms with Gasteiger partial charge in [-0.3, -0.25) is 4.79 Å². The van der Waals surface area contributed by atoms with Crippen LogP contribution in [-0.2, 0) is 4.79 Å². The summed E-state index contributed by atoms with van der Waals surface area (Å²) in [7, 11) is 0. The van der Waals surface area contributed by atoms with Crippen LogP contribution in [0.1, 0.15) is 25.7 Å². The minimum Gasteiger partial charge on any atom is -0.480 e. The molecule has 0 saturated heterocycles. The summed E-state index contributed by atoms with van der Waals surface area (Å²) >= 11 is 0. The molecule has 12 heavy (non-hydrogen) atoms. The van der Waals surface area contributed by atoms with E-state index in [0.717, 1.165) is 12.8 Å². The first-order chi connectivity index (χ1) is 5.56. The van der Waals surface area contributed by atoms with Gasteiger partial charge >= 0.3 is 5.97 Å². The van der Waals surface area contributed by atoms with Crippen molar-refractivity contribution >= 4 is 5.97 Å². The SMILES string of the molecule is NC1(C#CC2(C(=O)O)CC2)CC1. The summed E-state index contributed by atoms with van der Waals surface area (Å²) in [5.41, 5.74) is 4.65. The average Bonchev–Trinajstić information content (AvgIpc) is 2.82. The van der Waals surface area contributed by atoms with Crippen LogP contribution >= 0.6 is 0 Å². The van der Waals surface area contributed by atoms with E-state index < -0.39 is 11.4 Å². The Morgan fingerprint density at radius 2 is 1.83 bits per heavy atom. The van der Waals surface area contributed by atoms with Gasteiger partial charge in [-0.2, -0.15) is 0 Å². The number of hydrogen-bond acceptors (Lipinski definition) is 2. The van der Waals surface area contributed by atoms with Gasteiger partial charge in [0.15, 0.2) is 0 Å². The number of aliphatic carboxylic acids is 1. The summed E-state index contributed by atoms with van der Waals surface area (Å²) in [5.74, 6) is 4.87. The van der Waals surface area contributed by atoms with Gasteiger partial charge in [-0.1, -0.05) is 11.8 Å². The lowest BCUT2D eigenvalue weighted by Gasteiger charge is -1.99. The van der Waals surface area contributed by atoms with Gasteiger partial charge in [0.25, 0.3) is 0 Å². The number of carbonyl (C=O) groups is 1. The maximum atomic E-state index is 10.7. The third-order valence-electron chi connectivity index (χ3n) is 2.50. The monoisotopic (exact) mass is 165 g/mol. The quantitative estimate of drug-likeness (QED) is 0.551. The van der Waals surface area contributed by atoms with Gasteiger partial charge in [-0.05, 0) is 25.7 Å². The molecule has 2 aliphatic carbocycles. The van der Waals surface area contributed by atoms with Gasteiger partial charge in [0.1, 0.15) is 5.41 Å². The maximum Gasteiger partial charge on any atom is 0.321 e. The van der Waals surface area contributed by atoms with Crippen LogP contribution in [0.5, 0.6) is 0 Å². The fraction of sp³-hybridized carbons (Fsp3) is 0.667. The molecule has 0 radical (unpaired) electrons. The molecule has 0 atom stereocenters. The van der Waals surface area contributed by atoms with Crippen LogP contribution in [0.25, 0.3) is 0 Å². The Bertz CT molecular complexity index is 289. The summed E-state index contributed by atoms with van der Waals surface area (Å²) in [4.78, 5) is 10.7. The van der Waals surface area contributed by atoms with Gasteiger partial charge < -0.3 is 10.8 Å². The Hall–Kier alpha value is -1.01. The molecular weight excluding hydrogens is 154 g/mol. The first kappa shape index (κ1) is 7.63. The van der Waals surface area contributed by atoms with Gasteiger partial charge in [-0.15, -0.1) is 0 Å². The van der Waals surface area contributed by atoms with Crippen molar-refractivity contribution in [3.05, 3.63) is 0 Å². The molecular formula is C9H11NO2. The van der Waals surface area contributed by atoms with Crippen LogP contribution < -0.4 is 5.73 Å². The van der Waals surface area contributed by atoms with Crippen LogP contribution in [0.4, 0.5) is 0 Å². The highest BCUT2D eigenvalue weighted by atomic mass is 16.4. The standard InChI is InChI=1S/C9H11NO2/c10-9(5-6-9)4-3-8(1-2-8)7(11)12/h1-2,5-6,10H2,(H,11,12). The van der Waals surface area contributed by atoms with Gasteiger partial charge in [-0.25, -0.2) is 0 Å². The topological polar surface area (TPSA) is 63.3 Å². The molecule has 0 aromatic rings. The predicted octanol–water partition coefficient (Wildman–Crippen LogP) is 0.346. The summed E-state index contributed by atoms with van der Waals surface area (Å²) in [5, 5.41) is 8.78. The molecule has 0 aromatic heterocycles. The van der Waals surface area contributed by atoms with Gasteiger partial charge in [0.2, 0.25) is 0 Å². The summed E-state index contributed by atoms with van der Waals surface area (Å²) < 4.78 is 0. The number of nitrogens with two attached hydrogens (primary N) is 1. The zero-order valence-corrected chi connectivity index (χ0v) is 6.76. The summed E-state index contributed by atoms with van der Waals surface area (Å²) in [6, 6.07) is 0.